The Kier molecular flexibility index (Phi) is 3.98. The summed E-state index contributed by atoms with van der Waals surface area (Å²) in [7, 11) is 2.00. The van der Waals surface area contributed by atoms with Crippen LogP contribution in [0, 0.1) is 6.92 Å². The first kappa shape index (κ1) is 13.8. The first-order valence-corrected chi connectivity index (χ1v) is 7.35. The van der Waals surface area contributed by atoms with Crippen LogP contribution < -0.4 is 5.32 Å². The summed E-state index contributed by atoms with van der Waals surface area (Å²) in [6.45, 7) is 2.12. The third-order valence-electron chi connectivity index (χ3n) is 3.89. The van der Waals surface area contributed by atoms with Gasteiger partial charge in [0.1, 0.15) is 0 Å². The number of nitrogens with zero attached hydrogens (tertiary/aromatic N) is 1. The summed E-state index contributed by atoms with van der Waals surface area (Å²) in [5.74, 6) is 0. The second-order valence-electron chi connectivity index (χ2n) is 5.46. The molecule has 2 nitrogen and oxygen atoms in total. The molecule has 2 heteroatoms. The minimum atomic E-state index is 0.234. The molecular formula is C19H20N2. The van der Waals surface area contributed by atoms with Crippen molar-refractivity contribution < 1.29 is 0 Å². The predicted octanol–water partition coefficient (Wildman–Crippen LogP) is 4.05. The van der Waals surface area contributed by atoms with Crippen molar-refractivity contribution in [2.75, 3.05) is 7.05 Å². The molecule has 0 fully saturated rings. The van der Waals surface area contributed by atoms with E-state index in [-0.39, 0.29) is 6.04 Å². The summed E-state index contributed by atoms with van der Waals surface area (Å²) in [5.41, 5.74) is 4.77. The molecule has 106 valence electrons. The molecule has 0 aliphatic rings. The fraction of sp³-hybridized carbons (Fsp3) is 0.211. The Morgan fingerprint density at radius 2 is 1.71 bits per heavy atom. The van der Waals surface area contributed by atoms with Crippen LogP contribution in [0.3, 0.4) is 0 Å². The van der Waals surface area contributed by atoms with E-state index in [0.717, 1.165) is 17.6 Å². The maximum atomic E-state index is 4.80. The van der Waals surface area contributed by atoms with Crippen LogP contribution >= 0.6 is 0 Å². The monoisotopic (exact) mass is 276 g/mol. The number of rotatable bonds is 4. The predicted molar refractivity (Wildman–Crippen MR) is 88.4 cm³/mol. The fourth-order valence-electron chi connectivity index (χ4n) is 2.59. The molecule has 1 N–H and O–H groups in total. The molecule has 1 aromatic heterocycles. The molecular weight excluding hydrogens is 256 g/mol. The van der Waals surface area contributed by atoms with Crippen molar-refractivity contribution in [3.8, 4) is 0 Å². The Morgan fingerprint density at radius 3 is 2.48 bits per heavy atom. The van der Waals surface area contributed by atoms with Crippen LogP contribution in [-0.2, 0) is 6.42 Å². The lowest BCUT2D eigenvalue weighted by Gasteiger charge is -2.16. The van der Waals surface area contributed by atoms with E-state index < -0.39 is 0 Å². The third kappa shape index (κ3) is 3.11. The summed E-state index contributed by atoms with van der Waals surface area (Å²) < 4.78 is 0. The molecule has 1 heterocycles. The van der Waals surface area contributed by atoms with Crippen molar-refractivity contribution in [3.63, 3.8) is 0 Å². The highest BCUT2D eigenvalue weighted by Gasteiger charge is 2.12. The highest BCUT2D eigenvalue weighted by molar-refractivity contribution is 5.78. The Hall–Kier alpha value is -2.19. The summed E-state index contributed by atoms with van der Waals surface area (Å²) in [4.78, 5) is 4.80. The van der Waals surface area contributed by atoms with Crippen LogP contribution in [0.2, 0.25) is 0 Å². The van der Waals surface area contributed by atoms with E-state index in [1.165, 1.54) is 16.5 Å². The van der Waals surface area contributed by atoms with Gasteiger partial charge >= 0.3 is 0 Å². The first-order valence-electron chi connectivity index (χ1n) is 7.35. The number of fused-ring (bicyclic) bond motifs is 1. The van der Waals surface area contributed by atoms with Gasteiger partial charge in [0, 0.05) is 5.39 Å². The fourth-order valence-corrected chi connectivity index (χ4v) is 2.59. The van der Waals surface area contributed by atoms with E-state index in [1.807, 2.05) is 19.2 Å². The molecule has 3 aromatic rings. The molecule has 1 unspecified atom stereocenters. The Bertz CT molecular complexity index is 732. The maximum Gasteiger partial charge on any atom is 0.0706 e. The van der Waals surface area contributed by atoms with E-state index in [9.17, 15) is 0 Å². The minimum absolute atomic E-state index is 0.234. The number of nitrogens with one attached hydrogen (secondary N) is 1. The quantitative estimate of drug-likeness (QED) is 0.777. The zero-order valence-corrected chi connectivity index (χ0v) is 12.5. The summed E-state index contributed by atoms with van der Waals surface area (Å²) in [6.07, 6.45) is 0.947. The van der Waals surface area contributed by atoms with Crippen LogP contribution in [0.15, 0.2) is 60.7 Å². The standard InChI is InChI=1S/C19H20N2/c1-14-7-9-15(10-8-14)13-19(20-2)18-12-11-16-5-3-4-6-17(16)21-18/h3-12,19-20H,13H2,1-2H3. The molecule has 0 amide bonds. The lowest BCUT2D eigenvalue weighted by molar-refractivity contribution is 0.578. The lowest BCUT2D eigenvalue weighted by atomic mass is 10.0. The minimum Gasteiger partial charge on any atom is -0.311 e. The van der Waals surface area contributed by atoms with Gasteiger partial charge in [0.2, 0.25) is 0 Å². The van der Waals surface area contributed by atoms with Gasteiger partial charge in [-0.15, -0.1) is 0 Å². The van der Waals surface area contributed by atoms with Crippen LogP contribution in [0.5, 0.6) is 0 Å². The van der Waals surface area contributed by atoms with Crippen LogP contribution in [-0.4, -0.2) is 12.0 Å². The van der Waals surface area contributed by atoms with Crippen LogP contribution in [0.25, 0.3) is 10.9 Å². The van der Waals surface area contributed by atoms with Gasteiger partial charge in [-0.25, -0.2) is 0 Å². The van der Waals surface area contributed by atoms with Gasteiger partial charge < -0.3 is 5.32 Å². The molecule has 0 saturated carbocycles. The molecule has 0 saturated heterocycles. The largest absolute Gasteiger partial charge is 0.311 e. The second kappa shape index (κ2) is 6.06. The summed E-state index contributed by atoms with van der Waals surface area (Å²) in [5, 5.41) is 4.57. The molecule has 21 heavy (non-hydrogen) atoms. The number of pyridine rings is 1. The molecule has 2 aromatic carbocycles. The second-order valence-corrected chi connectivity index (χ2v) is 5.46. The number of benzene rings is 2. The number of aromatic nitrogens is 1. The molecule has 0 spiro atoms. The highest BCUT2D eigenvalue weighted by Crippen LogP contribution is 2.20. The van der Waals surface area contributed by atoms with Crippen LogP contribution in [0.1, 0.15) is 22.9 Å². The summed E-state index contributed by atoms with van der Waals surface area (Å²) in [6, 6.07) is 21.5. The molecule has 0 bridgehead atoms. The Balaban J connectivity index is 1.88. The highest BCUT2D eigenvalue weighted by atomic mass is 14.9. The van der Waals surface area contributed by atoms with E-state index in [2.05, 4.69) is 60.8 Å². The number of likely N-dealkylation sites (N-methyl/N-ethyl adjacent to an activating group) is 1. The Morgan fingerprint density at radius 1 is 0.952 bits per heavy atom. The average Bonchev–Trinajstić information content (AvgIpc) is 2.54. The van der Waals surface area contributed by atoms with Crippen molar-refractivity contribution in [2.45, 2.75) is 19.4 Å². The number of para-hydroxylation sites is 1. The molecule has 3 rings (SSSR count). The summed E-state index contributed by atoms with van der Waals surface area (Å²) >= 11 is 0. The molecule has 1 atom stereocenters. The van der Waals surface area contributed by atoms with E-state index in [4.69, 9.17) is 4.98 Å². The average molecular weight is 276 g/mol. The number of hydrogen-bond donors (Lipinski definition) is 1. The van der Waals surface area contributed by atoms with Gasteiger partial charge in [0.05, 0.1) is 17.3 Å². The zero-order valence-electron chi connectivity index (χ0n) is 12.5. The lowest BCUT2D eigenvalue weighted by Crippen LogP contribution is -2.20. The van der Waals surface area contributed by atoms with Gasteiger partial charge in [-0.05, 0) is 38.1 Å². The van der Waals surface area contributed by atoms with E-state index in [0.29, 0.717) is 0 Å². The van der Waals surface area contributed by atoms with Crippen molar-refractivity contribution in [3.05, 3.63) is 77.5 Å². The van der Waals surface area contributed by atoms with Gasteiger partial charge in [-0.3, -0.25) is 4.98 Å². The number of aryl methyl sites for hydroxylation is 1. The zero-order chi connectivity index (χ0) is 14.7. The van der Waals surface area contributed by atoms with Gasteiger partial charge in [0.25, 0.3) is 0 Å². The normalized spacial score (nSPS) is 12.5. The van der Waals surface area contributed by atoms with Gasteiger partial charge in [-0.1, -0.05) is 54.1 Å². The van der Waals surface area contributed by atoms with Crippen molar-refractivity contribution in [1.29, 1.82) is 0 Å². The van der Waals surface area contributed by atoms with Crippen LogP contribution in [0.4, 0.5) is 0 Å². The number of hydrogen-bond acceptors (Lipinski definition) is 2. The Labute approximate surface area is 125 Å². The smallest absolute Gasteiger partial charge is 0.0706 e. The topological polar surface area (TPSA) is 24.9 Å². The molecule has 0 aliphatic heterocycles. The molecule has 0 radical (unpaired) electrons. The van der Waals surface area contributed by atoms with Crippen molar-refractivity contribution >= 4 is 10.9 Å². The van der Waals surface area contributed by atoms with E-state index >= 15 is 0 Å². The SMILES string of the molecule is CNC(Cc1ccc(C)cc1)c1ccc2ccccc2n1. The van der Waals surface area contributed by atoms with Crippen molar-refractivity contribution in [1.82, 2.24) is 10.3 Å². The molecule has 0 aliphatic carbocycles. The first-order chi connectivity index (χ1) is 10.3. The third-order valence-corrected chi connectivity index (χ3v) is 3.89. The van der Waals surface area contributed by atoms with Gasteiger partial charge in [0.15, 0.2) is 0 Å². The maximum absolute atomic E-state index is 4.80. The van der Waals surface area contributed by atoms with E-state index in [1.54, 1.807) is 0 Å². The van der Waals surface area contributed by atoms with Crippen molar-refractivity contribution in [2.24, 2.45) is 0 Å². The van der Waals surface area contributed by atoms with Gasteiger partial charge in [-0.2, -0.15) is 0 Å².